The SMILES string of the molecule is CN1CCN(C(=O)CN(C)C(=O)c2ccc(-c3ccc(-c4ccccc4)cc3)s2)CC1. The molecule has 0 spiro atoms. The summed E-state index contributed by atoms with van der Waals surface area (Å²) in [6, 6.07) is 22.5. The topological polar surface area (TPSA) is 43.9 Å². The number of benzene rings is 2. The van der Waals surface area contributed by atoms with Crippen LogP contribution in [0.5, 0.6) is 0 Å². The van der Waals surface area contributed by atoms with Gasteiger partial charge in [-0.25, -0.2) is 0 Å². The molecule has 0 atom stereocenters. The van der Waals surface area contributed by atoms with Crippen molar-refractivity contribution >= 4 is 23.2 Å². The second-order valence-electron chi connectivity index (χ2n) is 7.95. The van der Waals surface area contributed by atoms with Gasteiger partial charge in [0, 0.05) is 38.1 Å². The molecular weight excluding hydrogens is 406 g/mol. The van der Waals surface area contributed by atoms with Crippen LogP contribution >= 0.6 is 11.3 Å². The number of carbonyl (C=O) groups is 2. The minimum absolute atomic E-state index is 0.0113. The normalized spacial score (nSPS) is 14.5. The molecule has 3 aromatic rings. The number of rotatable bonds is 5. The monoisotopic (exact) mass is 433 g/mol. The Kier molecular flexibility index (Phi) is 6.49. The van der Waals surface area contributed by atoms with Crippen LogP contribution in [0.2, 0.25) is 0 Å². The van der Waals surface area contributed by atoms with Crippen LogP contribution in [0.4, 0.5) is 0 Å². The number of likely N-dealkylation sites (N-methyl/N-ethyl adjacent to an activating group) is 2. The zero-order chi connectivity index (χ0) is 21.8. The number of hydrogen-bond donors (Lipinski definition) is 0. The summed E-state index contributed by atoms with van der Waals surface area (Å²) in [7, 11) is 3.76. The third-order valence-corrected chi connectivity index (χ3v) is 6.79. The lowest BCUT2D eigenvalue weighted by Crippen LogP contribution is -2.50. The zero-order valence-corrected chi connectivity index (χ0v) is 18.8. The van der Waals surface area contributed by atoms with Gasteiger partial charge in [-0.1, -0.05) is 54.6 Å². The van der Waals surface area contributed by atoms with Gasteiger partial charge in [-0.3, -0.25) is 9.59 Å². The number of amides is 2. The second kappa shape index (κ2) is 9.45. The van der Waals surface area contributed by atoms with Crippen LogP contribution in [0.3, 0.4) is 0 Å². The van der Waals surface area contributed by atoms with E-state index in [-0.39, 0.29) is 18.4 Å². The molecular formula is C25H27N3O2S. The molecule has 0 N–H and O–H groups in total. The summed E-state index contributed by atoms with van der Waals surface area (Å²) in [5.74, 6) is -0.100. The number of nitrogens with zero attached hydrogens (tertiary/aromatic N) is 3. The quantitative estimate of drug-likeness (QED) is 0.612. The Hall–Kier alpha value is -2.96. The standard InChI is InChI=1S/C25H27N3O2S/c1-26-14-16-28(17-15-26)24(29)18-27(2)25(30)23-13-12-22(31-23)21-10-8-20(9-11-21)19-6-4-3-5-7-19/h3-13H,14-18H2,1-2H3. The molecule has 4 rings (SSSR count). The predicted molar refractivity (Wildman–Crippen MR) is 126 cm³/mol. The Balaban J connectivity index is 1.39. The van der Waals surface area contributed by atoms with Crippen LogP contribution in [0.1, 0.15) is 9.67 Å². The van der Waals surface area contributed by atoms with Crippen LogP contribution in [0, 0.1) is 0 Å². The first kappa shape index (κ1) is 21.3. The molecule has 0 aliphatic carbocycles. The van der Waals surface area contributed by atoms with E-state index in [1.54, 1.807) is 7.05 Å². The highest BCUT2D eigenvalue weighted by Gasteiger charge is 2.23. The first-order chi connectivity index (χ1) is 15.0. The van der Waals surface area contributed by atoms with Crippen molar-refractivity contribution in [2.75, 3.05) is 46.8 Å². The molecule has 0 radical (unpaired) electrons. The molecule has 0 saturated carbocycles. The number of carbonyl (C=O) groups excluding carboxylic acids is 2. The third-order valence-electron chi connectivity index (χ3n) is 5.67. The summed E-state index contributed by atoms with van der Waals surface area (Å²) in [4.78, 5) is 32.7. The molecule has 0 unspecified atom stereocenters. The Labute approximate surface area is 187 Å². The van der Waals surface area contributed by atoms with Crippen molar-refractivity contribution in [1.82, 2.24) is 14.7 Å². The summed E-state index contributed by atoms with van der Waals surface area (Å²) in [5, 5.41) is 0. The van der Waals surface area contributed by atoms with Crippen LogP contribution in [0.15, 0.2) is 66.7 Å². The Morgan fingerprint density at radius 3 is 2.13 bits per heavy atom. The molecule has 5 nitrogen and oxygen atoms in total. The fourth-order valence-electron chi connectivity index (χ4n) is 3.68. The summed E-state index contributed by atoms with van der Waals surface area (Å²) in [6.45, 7) is 3.31. The van der Waals surface area contributed by atoms with E-state index in [4.69, 9.17) is 0 Å². The molecule has 2 aromatic carbocycles. The molecule has 1 aromatic heterocycles. The Bertz CT molecular complexity index is 1040. The van der Waals surface area contributed by atoms with Crippen LogP contribution in [0.25, 0.3) is 21.6 Å². The zero-order valence-electron chi connectivity index (χ0n) is 18.0. The largest absolute Gasteiger partial charge is 0.339 e. The molecule has 1 aliphatic heterocycles. The van der Waals surface area contributed by atoms with Crippen LogP contribution in [-0.2, 0) is 4.79 Å². The number of hydrogen-bond acceptors (Lipinski definition) is 4. The molecule has 2 heterocycles. The van der Waals surface area contributed by atoms with Gasteiger partial charge >= 0.3 is 0 Å². The van der Waals surface area contributed by atoms with E-state index in [0.29, 0.717) is 4.88 Å². The van der Waals surface area contributed by atoms with E-state index in [1.165, 1.54) is 27.4 Å². The molecule has 2 amide bonds. The smallest absolute Gasteiger partial charge is 0.264 e. The average molecular weight is 434 g/mol. The van der Waals surface area contributed by atoms with Crippen molar-refractivity contribution in [3.05, 3.63) is 71.6 Å². The van der Waals surface area contributed by atoms with Gasteiger partial charge < -0.3 is 14.7 Å². The highest BCUT2D eigenvalue weighted by Crippen LogP contribution is 2.30. The van der Waals surface area contributed by atoms with Crippen molar-refractivity contribution in [1.29, 1.82) is 0 Å². The van der Waals surface area contributed by atoms with Gasteiger partial charge in [-0.2, -0.15) is 0 Å². The highest BCUT2D eigenvalue weighted by atomic mass is 32.1. The fraction of sp³-hybridized carbons (Fsp3) is 0.280. The molecule has 0 bridgehead atoms. The molecule has 1 saturated heterocycles. The molecule has 1 fully saturated rings. The van der Waals surface area contributed by atoms with Gasteiger partial charge in [0.25, 0.3) is 5.91 Å². The average Bonchev–Trinajstić information content (AvgIpc) is 3.30. The lowest BCUT2D eigenvalue weighted by molar-refractivity contribution is -0.133. The van der Waals surface area contributed by atoms with E-state index in [0.717, 1.165) is 36.6 Å². The van der Waals surface area contributed by atoms with E-state index < -0.39 is 0 Å². The fourth-order valence-corrected chi connectivity index (χ4v) is 4.69. The van der Waals surface area contributed by atoms with Gasteiger partial charge in [0.2, 0.25) is 5.91 Å². The highest BCUT2D eigenvalue weighted by molar-refractivity contribution is 7.17. The third kappa shape index (κ3) is 5.03. The van der Waals surface area contributed by atoms with Crippen LogP contribution in [-0.4, -0.2) is 73.3 Å². The Morgan fingerprint density at radius 2 is 1.45 bits per heavy atom. The van der Waals surface area contributed by atoms with Crippen LogP contribution < -0.4 is 0 Å². The maximum absolute atomic E-state index is 12.9. The maximum atomic E-state index is 12.9. The molecule has 160 valence electrons. The Morgan fingerprint density at radius 1 is 0.839 bits per heavy atom. The number of piperazine rings is 1. The predicted octanol–water partition coefficient (Wildman–Crippen LogP) is 3.93. The van der Waals surface area contributed by atoms with Crippen molar-refractivity contribution in [2.24, 2.45) is 0 Å². The van der Waals surface area contributed by atoms with E-state index >= 15 is 0 Å². The lowest BCUT2D eigenvalue weighted by Gasteiger charge is -2.33. The first-order valence-corrected chi connectivity index (χ1v) is 11.3. The summed E-state index contributed by atoms with van der Waals surface area (Å²) >= 11 is 1.46. The van der Waals surface area contributed by atoms with Gasteiger partial charge in [0.05, 0.1) is 11.4 Å². The molecule has 6 heteroatoms. The maximum Gasteiger partial charge on any atom is 0.264 e. The summed E-state index contributed by atoms with van der Waals surface area (Å²) in [6.07, 6.45) is 0. The van der Waals surface area contributed by atoms with E-state index in [2.05, 4.69) is 48.3 Å². The van der Waals surface area contributed by atoms with Gasteiger partial charge in [0.15, 0.2) is 0 Å². The van der Waals surface area contributed by atoms with Gasteiger partial charge in [0.1, 0.15) is 0 Å². The molecule has 31 heavy (non-hydrogen) atoms. The number of thiophene rings is 1. The van der Waals surface area contributed by atoms with E-state index in [1.807, 2.05) is 35.2 Å². The van der Waals surface area contributed by atoms with Gasteiger partial charge in [-0.15, -0.1) is 11.3 Å². The lowest BCUT2D eigenvalue weighted by atomic mass is 10.0. The van der Waals surface area contributed by atoms with Crippen molar-refractivity contribution in [2.45, 2.75) is 0 Å². The van der Waals surface area contributed by atoms with Crippen molar-refractivity contribution < 1.29 is 9.59 Å². The van der Waals surface area contributed by atoms with E-state index in [9.17, 15) is 9.59 Å². The minimum atomic E-state index is -0.111. The summed E-state index contributed by atoms with van der Waals surface area (Å²) in [5.41, 5.74) is 3.43. The van der Waals surface area contributed by atoms with Crippen molar-refractivity contribution in [3.8, 4) is 21.6 Å². The second-order valence-corrected chi connectivity index (χ2v) is 9.04. The summed E-state index contributed by atoms with van der Waals surface area (Å²) < 4.78 is 0. The van der Waals surface area contributed by atoms with Gasteiger partial charge in [-0.05, 0) is 35.9 Å². The molecule has 1 aliphatic rings. The van der Waals surface area contributed by atoms with Crippen molar-refractivity contribution in [3.63, 3.8) is 0 Å². The minimum Gasteiger partial charge on any atom is -0.339 e. The first-order valence-electron chi connectivity index (χ1n) is 10.5.